The van der Waals surface area contributed by atoms with Crippen LogP contribution in [-0.4, -0.2) is 43.2 Å². The standard InChI is InChI=1S/C19H22N2O3S2/c22-19(20-12-8-15-6-2-3-7-16(15)14-20)18-17(9-13-25-18)26(23,24)21-10-4-1-5-11-21/h2-3,6-7,9,13H,1,4-5,8,10-12,14H2. The van der Waals surface area contributed by atoms with Gasteiger partial charge in [0.15, 0.2) is 0 Å². The van der Waals surface area contributed by atoms with Crippen molar-refractivity contribution in [1.82, 2.24) is 9.21 Å². The Balaban J connectivity index is 1.60. The molecule has 0 spiro atoms. The van der Waals surface area contributed by atoms with Gasteiger partial charge in [0.2, 0.25) is 10.0 Å². The Labute approximate surface area is 158 Å². The third kappa shape index (κ3) is 3.19. The van der Waals surface area contributed by atoms with Crippen molar-refractivity contribution in [3.8, 4) is 0 Å². The molecule has 0 atom stereocenters. The lowest BCUT2D eigenvalue weighted by Crippen LogP contribution is -2.38. The maximum atomic E-state index is 13.1. The number of fused-ring (bicyclic) bond motifs is 1. The van der Waals surface area contributed by atoms with Crippen molar-refractivity contribution in [1.29, 1.82) is 0 Å². The Morgan fingerprint density at radius 3 is 2.46 bits per heavy atom. The van der Waals surface area contributed by atoms with Crippen LogP contribution in [0.3, 0.4) is 0 Å². The van der Waals surface area contributed by atoms with Crippen LogP contribution >= 0.6 is 11.3 Å². The van der Waals surface area contributed by atoms with Gasteiger partial charge in [-0.2, -0.15) is 4.31 Å². The summed E-state index contributed by atoms with van der Waals surface area (Å²) < 4.78 is 27.6. The maximum absolute atomic E-state index is 13.1. The van der Waals surface area contributed by atoms with Gasteiger partial charge in [-0.3, -0.25) is 4.79 Å². The molecular formula is C19H22N2O3S2. The second-order valence-electron chi connectivity index (χ2n) is 6.82. The van der Waals surface area contributed by atoms with E-state index in [9.17, 15) is 13.2 Å². The molecule has 0 radical (unpaired) electrons. The largest absolute Gasteiger partial charge is 0.333 e. The molecule has 0 N–H and O–H groups in total. The van der Waals surface area contributed by atoms with Gasteiger partial charge in [0.25, 0.3) is 5.91 Å². The first kappa shape index (κ1) is 17.7. The number of thiophene rings is 1. The van der Waals surface area contributed by atoms with E-state index in [1.165, 1.54) is 21.2 Å². The number of carbonyl (C=O) groups is 1. The first-order valence-corrected chi connectivity index (χ1v) is 11.3. The Morgan fingerprint density at radius 2 is 1.69 bits per heavy atom. The van der Waals surface area contributed by atoms with Gasteiger partial charge in [-0.1, -0.05) is 30.7 Å². The van der Waals surface area contributed by atoms with Gasteiger partial charge in [-0.05, 0) is 41.8 Å². The van der Waals surface area contributed by atoms with Crippen molar-refractivity contribution < 1.29 is 13.2 Å². The number of benzene rings is 1. The quantitative estimate of drug-likeness (QED) is 0.809. The van der Waals surface area contributed by atoms with E-state index < -0.39 is 10.0 Å². The number of nitrogens with zero attached hydrogens (tertiary/aromatic N) is 2. The number of carbonyl (C=O) groups excluding carboxylic acids is 1. The van der Waals surface area contributed by atoms with Gasteiger partial charge in [-0.15, -0.1) is 11.3 Å². The van der Waals surface area contributed by atoms with Crippen molar-refractivity contribution in [2.24, 2.45) is 0 Å². The van der Waals surface area contributed by atoms with Gasteiger partial charge in [0, 0.05) is 26.2 Å². The van der Waals surface area contributed by atoms with Gasteiger partial charge in [0.1, 0.15) is 9.77 Å². The molecule has 5 nitrogen and oxygen atoms in total. The summed E-state index contributed by atoms with van der Waals surface area (Å²) in [6.45, 7) is 2.25. The van der Waals surface area contributed by atoms with Crippen molar-refractivity contribution >= 4 is 27.3 Å². The van der Waals surface area contributed by atoms with Crippen LogP contribution in [0.4, 0.5) is 0 Å². The lowest BCUT2D eigenvalue weighted by atomic mass is 10.00. The van der Waals surface area contributed by atoms with Crippen LogP contribution < -0.4 is 0 Å². The summed E-state index contributed by atoms with van der Waals surface area (Å²) in [5.74, 6) is -0.176. The van der Waals surface area contributed by atoms with Crippen LogP contribution in [0.2, 0.25) is 0 Å². The number of amides is 1. The summed E-state index contributed by atoms with van der Waals surface area (Å²) in [4.78, 5) is 15.4. The Hall–Kier alpha value is -1.70. The van der Waals surface area contributed by atoms with Crippen molar-refractivity contribution in [3.63, 3.8) is 0 Å². The van der Waals surface area contributed by atoms with E-state index in [1.54, 1.807) is 16.3 Å². The van der Waals surface area contributed by atoms with E-state index in [4.69, 9.17) is 0 Å². The molecule has 1 fully saturated rings. The van der Waals surface area contributed by atoms with Crippen molar-refractivity contribution in [3.05, 3.63) is 51.7 Å². The molecule has 138 valence electrons. The van der Waals surface area contributed by atoms with Crippen LogP contribution in [0.15, 0.2) is 40.6 Å². The Bertz CT molecular complexity index is 914. The number of piperidine rings is 1. The van der Waals surface area contributed by atoms with Crippen LogP contribution in [0, 0.1) is 0 Å². The highest BCUT2D eigenvalue weighted by Gasteiger charge is 2.33. The second-order valence-corrected chi connectivity index (χ2v) is 9.65. The normalized spacial score (nSPS) is 18.5. The van der Waals surface area contributed by atoms with Crippen molar-refractivity contribution in [2.45, 2.75) is 37.1 Å². The average Bonchev–Trinajstić information content (AvgIpc) is 3.18. The maximum Gasteiger partial charge on any atom is 0.265 e. The van der Waals surface area contributed by atoms with Crippen LogP contribution in [-0.2, 0) is 23.0 Å². The zero-order chi connectivity index (χ0) is 18.1. The summed E-state index contributed by atoms with van der Waals surface area (Å²) in [6, 6.07) is 9.70. The smallest absolute Gasteiger partial charge is 0.265 e. The Morgan fingerprint density at radius 1 is 0.962 bits per heavy atom. The third-order valence-electron chi connectivity index (χ3n) is 5.17. The van der Waals surface area contributed by atoms with Crippen molar-refractivity contribution in [2.75, 3.05) is 19.6 Å². The molecule has 2 aliphatic rings. The highest BCUT2D eigenvalue weighted by atomic mass is 32.2. The van der Waals surface area contributed by atoms with Crippen LogP contribution in [0.5, 0.6) is 0 Å². The minimum atomic E-state index is -3.60. The molecule has 0 aliphatic carbocycles. The lowest BCUT2D eigenvalue weighted by Gasteiger charge is -2.29. The molecule has 3 heterocycles. The van der Waals surface area contributed by atoms with E-state index in [2.05, 4.69) is 6.07 Å². The van der Waals surface area contributed by atoms with E-state index in [0.717, 1.165) is 31.2 Å². The predicted molar refractivity (Wildman–Crippen MR) is 102 cm³/mol. The SMILES string of the molecule is O=C(c1sccc1S(=O)(=O)N1CCCCC1)N1CCc2ccccc2C1. The molecule has 4 rings (SSSR count). The molecule has 0 saturated carbocycles. The van der Waals surface area contributed by atoms with E-state index >= 15 is 0 Å². The molecule has 2 aromatic rings. The molecule has 2 aliphatic heterocycles. The molecule has 26 heavy (non-hydrogen) atoms. The molecule has 0 unspecified atom stereocenters. The fourth-order valence-electron chi connectivity index (χ4n) is 3.71. The zero-order valence-corrected chi connectivity index (χ0v) is 16.2. The van der Waals surface area contributed by atoms with Gasteiger partial charge in [-0.25, -0.2) is 8.42 Å². The number of rotatable bonds is 3. The molecule has 1 saturated heterocycles. The van der Waals surface area contributed by atoms with E-state index in [0.29, 0.717) is 31.1 Å². The third-order valence-corrected chi connectivity index (χ3v) is 8.15. The minimum Gasteiger partial charge on any atom is -0.333 e. The molecule has 0 bridgehead atoms. The summed E-state index contributed by atoms with van der Waals surface area (Å²) in [6.07, 6.45) is 3.64. The summed E-state index contributed by atoms with van der Waals surface area (Å²) in [5.41, 5.74) is 2.41. The lowest BCUT2D eigenvalue weighted by molar-refractivity contribution is 0.0736. The highest BCUT2D eigenvalue weighted by molar-refractivity contribution is 7.89. The fraction of sp³-hybridized carbons (Fsp3) is 0.421. The number of hydrogen-bond donors (Lipinski definition) is 0. The van der Waals surface area contributed by atoms with Crippen LogP contribution in [0.25, 0.3) is 0 Å². The van der Waals surface area contributed by atoms with Crippen LogP contribution in [0.1, 0.15) is 40.1 Å². The minimum absolute atomic E-state index is 0.174. The average molecular weight is 391 g/mol. The Kier molecular flexibility index (Phi) is 4.86. The monoisotopic (exact) mass is 390 g/mol. The number of hydrogen-bond acceptors (Lipinski definition) is 4. The summed E-state index contributed by atoms with van der Waals surface area (Å²) in [7, 11) is -3.60. The molecule has 1 aromatic carbocycles. The first-order chi connectivity index (χ1) is 12.6. The first-order valence-electron chi connectivity index (χ1n) is 9.01. The zero-order valence-electron chi connectivity index (χ0n) is 14.6. The predicted octanol–water partition coefficient (Wildman–Crippen LogP) is 3.12. The van der Waals surface area contributed by atoms with E-state index in [-0.39, 0.29) is 10.8 Å². The summed E-state index contributed by atoms with van der Waals surface area (Å²) >= 11 is 1.23. The molecule has 7 heteroatoms. The highest BCUT2D eigenvalue weighted by Crippen LogP contribution is 2.30. The topological polar surface area (TPSA) is 57.7 Å². The fourth-order valence-corrected chi connectivity index (χ4v) is 6.59. The second kappa shape index (κ2) is 7.13. The summed E-state index contributed by atoms with van der Waals surface area (Å²) in [5, 5.41) is 1.71. The molecular weight excluding hydrogens is 368 g/mol. The molecule has 1 amide bonds. The van der Waals surface area contributed by atoms with E-state index in [1.807, 2.05) is 18.2 Å². The van der Waals surface area contributed by atoms with Gasteiger partial charge in [0.05, 0.1) is 0 Å². The molecule has 1 aromatic heterocycles. The van der Waals surface area contributed by atoms with Gasteiger partial charge < -0.3 is 4.90 Å². The number of sulfonamides is 1. The van der Waals surface area contributed by atoms with Gasteiger partial charge >= 0.3 is 0 Å².